The first kappa shape index (κ1) is 15.2. The minimum atomic E-state index is 0.148. The van der Waals surface area contributed by atoms with Gasteiger partial charge in [0.1, 0.15) is 11.5 Å². The lowest BCUT2D eigenvalue weighted by Crippen LogP contribution is -2.32. The van der Waals surface area contributed by atoms with Crippen molar-refractivity contribution < 1.29 is 9.84 Å². The molecule has 20 heavy (non-hydrogen) atoms. The Morgan fingerprint density at radius 2 is 1.80 bits per heavy atom. The second kappa shape index (κ2) is 7.53. The van der Waals surface area contributed by atoms with Crippen molar-refractivity contribution in [1.82, 2.24) is 5.32 Å². The third-order valence-corrected chi connectivity index (χ3v) is 4.29. The molecule has 0 heterocycles. The van der Waals surface area contributed by atoms with Gasteiger partial charge in [-0.05, 0) is 38.0 Å². The molecule has 0 amide bonds. The molecule has 112 valence electrons. The zero-order chi connectivity index (χ0) is 14.4. The third-order valence-electron chi connectivity index (χ3n) is 4.29. The van der Waals surface area contributed by atoms with E-state index in [9.17, 15) is 5.11 Å². The molecule has 1 fully saturated rings. The Morgan fingerprint density at radius 1 is 1.15 bits per heavy atom. The normalized spacial score (nSPS) is 19.1. The zero-order valence-electron chi connectivity index (χ0n) is 12.7. The molecule has 0 bridgehead atoms. The summed E-state index contributed by atoms with van der Waals surface area (Å²) in [6.07, 6.45) is 9.22. The highest BCUT2D eigenvalue weighted by Gasteiger charge is 2.17. The van der Waals surface area contributed by atoms with Crippen LogP contribution in [0.25, 0.3) is 0 Å². The average Bonchev–Trinajstić information content (AvgIpc) is 2.42. The third kappa shape index (κ3) is 4.14. The van der Waals surface area contributed by atoms with Gasteiger partial charge in [-0.15, -0.1) is 0 Å². The van der Waals surface area contributed by atoms with Gasteiger partial charge in [-0.1, -0.05) is 32.1 Å². The van der Waals surface area contributed by atoms with Crippen molar-refractivity contribution in [2.45, 2.75) is 64.0 Å². The van der Waals surface area contributed by atoms with E-state index in [-0.39, 0.29) is 6.04 Å². The summed E-state index contributed by atoms with van der Waals surface area (Å²) < 4.78 is 5.25. The molecule has 3 heteroatoms. The van der Waals surface area contributed by atoms with Crippen molar-refractivity contribution in [3.63, 3.8) is 0 Å². The van der Waals surface area contributed by atoms with E-state index in [1.807, 2.05) is 6.07 Å². The summed E-state index contributed by atoms with van der Waals surface area (Å²) in [4.78, 5) is 0. The van der Waals surface area contributed by atoms with Gasteiger partial charge in [0.2, 0.25) is 0 Å². The quantitative estimate of drug-likeness (QED) is 0.868. The minimum absolute atomic E-state index is 0.148. The van der Waals surface area contributed by atoms with Crippen molar-refractivity contribution in [1.29, 1.82) is 0 Å². The number of benzene rings is 1. The number of hydrogen-bond acceptors (Lipinski definition) is 3. The van der Waals surface area contributed by atoms with Gasteiger partial charge in [0.15, 0.2) is 0 Å². The number of ether oxygens (including phenoxy) is 1. The van der Waals surface area contributed by atoms with Crippen LogP contribution in [0, 0.1) is 0 Å². The fourth-order valence-electron chi connectivity index (χ4n) is 3.07. The van der Waals surface area contributed by atoms with E-state index in [0.717, 1.165) is 11.3 Å². The summed E-state index contributed by atoms with van der Waals surface area (Å²) >= 11 is 0. The number of phenolic OH excluding ortho intramolecular Hbond substituents is 1. The van der Waals surface area contributed by atoms with Gasteiger partial charge >= 0.3 is 0 Å². The highest BCUT2D eigenvalue weighted by molar-refractivity contribution is 5.41. The standard InChI is InChI=1S/C17H27NO2/c1-13(16-12-15(20-2)10-11-17(16)19)18-14-8-6-4-3-5-7-9-14/h10-14,18-19H,3-9H2,1-2H3. The van der Waals surface area contributed by atoms with Gasteiger partial charge in [-0.2, -0.15) is 0 Å². The molecule has 0 spiro atoms. The SMILES string of the molecule is COc1ccc(O)c(C(C)NC2CCCCCCC2)c1. The number of nitrogens with one attached hydrogen (secondary N) is 1. The highest BCUT2D eigenvalue weighted by Crippen LogP contribution is 2.29. The van der Waals surface area contributed by atoms with E-state index in [1.165, 1.54) is 44.9 Å². The first-order valence-corrected chi connectivity index (χ1v) is 7.83. The smallest absolute Gasteiger partial charge is 0.120 e. The molecule has 1 atom stereocenters. The Hall–Kier alpha value is -1.22. The van der Waals surface area contributed by atoms with E-state index >= 15 is 0 Å². The molecule has 0 aliphatic heterocycles. The van der Waals surface area contributed by atoms with Crippen molar-refractivity contribution >= 4 is 0 Å². The molecule has 2 rings (SSSR count). The average molecular weight is 277 g/mol. The maximum absolute atomic E-state index is 10.0. The number of hydrogen-bond donors (Lipinski definition) is 2. The maximum atomic E-state index is 10.0. The van der Waals surface area contributed by atoms with Crippen LogP contribution < -0.4 is 10.1 Å². The monoisotopic (exact) mass is 277 g/mol. The van der Waals surface area contributed by atoms with E-state index in [1.54, 1.807) is 19.2 Å². The maximum Gasteiger partial charge on any atom is 0.120 e. The largest absolute Gasteiger partial charge is 0.508 e. The Labute approximate surface area is 122 Å². The molecule has 0 radical (unpaired) electrons. The molecular weight excluding hydrogens is 250 g/mol. The number of rotatable bonds is 4. The Morgan fingerprint density at radius 3 is 2.45 bits per heavy atom. The van der Waals surface area contributed by atoms with Gasteiger partial charge in [-0.3, -0.25) is 0 Å². The molecule has 0 aromatic heterocycles. The van der Waals surface area contributed by atoms with E-state index in [4.69, 9.17) is 4.74 Å². The van der Waals surface area contributed by atoms with Crippen LogP contribution in [-0.2, 0) is 0 Å². The summed E-state index contributed by atoms with van der Waals surface area (Å²) in [5, 5.41) is 13.7. The van der Waals surface area contributed by atoms with E-state index in [0.29, 0.717) is 11.8 Å². The van der Waals surface area contributed by atoms with Crippen LogP contribution in [0.3, 0.4) is 0 Å². The summed E-state index contributed by atoms with van der Waals surface area (Å²) in [6, 6.07) is 6.15. The number of aromatic hydroxyl groups is 1. The Kier molecular flexibility index (Phi) is 5.72. The van der Waals surface area contributed by atoms with Gasteiger partial charge in [0.25, 0.3) is 0 Å². The van der Waals surface area contributed by atoms with Gasteiger partial charge in [0, 0.05) is 17.6 Å². The van der Waals surface area contributed by atoms with Crippen molar-refractivity contribution in [3.8, 4) is 11.5 Å². The first-order valence-electron chi connectivity index (χ1n) is 7.83. The lowest BCUT2D eigenvalue weighted by atomic mass is 9.95. The molecule has 1 aromatic carbocycles. The molecule has 1 unspecified atom stereocenters. The van der Waals surface area contributed by atoms with Gasteiger partial charge < -0.3 is 15.2 Å². The summed E-state index contributed by atoms with van der Waals surface area (Å²) in [6.45, 7) is 2.12. The van der Waals surface area contributed by atoms with Gasteiger partial charge in [-0.25, -0.2) is 0 Å². The van der Waals surface area contributed by atoms with Crippen molar-refractivity contribution in [2.24, 2.45) is 0 Å². The summed E-state index contributed by atoms with van der Waals surface area (Å²) in [7, 11) is 1.66. The van der Waals surface area contributed by atoms with Crippen LogP contribution in [0.5, 0.6) is 11.5 Å². The fraction of sp³-hybridized carbons (Fsp3) is 0.647. The molecule has 1 saturated carbocycles. The lowest BCUT2D eigenvalue weighted by molar-refractivity contribution is 0.355. The molecule has 1 aliphatic carbocycles. The predicted molar refractivity (Wildman–Crippen MR) is 82.3 cm³/mol. The van der Waals surface area contributed by atoms with Crippen LogP contribution in [0.4, 0.5) is 0 Å². The van der Waals surface area contributed by atoms with E-state index in [2.05, 4.69) is 12.2 Å². The van der Waals surface area contributed by atoms with Gasteiger partial charge in [0.05, 0.1) is 7.11 Å². The molecule has 1 aromatic rings. The van der Waals surface area contributed by atoms with Crippen LogP contribution in [-0.4, -0.2) is 18.3 Å². The minimum Gasteiger partial charge on any atom is -0.508 e. The molecule has 0 saturated heterocycles. The number of methoxy groups -OCH3 is 1. The second-order valence-corrected chi connectivity index (χ2v) is 5.86. The molecule has 3 nitrogen and oxygen atoms in total. The second-order valence-electron chi connectivity index (χ2n) is 5.86. The van der Waals surface area contributed by atoms with Crippen LogP contribution in [0.2, 0.25) is 0 Å². The highest BCUT2D eigenvalue weighted by atomic mass is 16.5. The first-order chi connectivity index (χ1) is 9.70. The lowest BCUT2D eigenvalue weighted by Gasteiger charge is -2.26. The fourth-order valence-corrected chi connectivity index (χ4v) is 3.07. The predicted octanol–water partition coefficient (Wildman–Crippen LogP) is 4.16. The topological polar surface area (TPSA) is 41.5 Å². The Bertz CT molecular complexity index is 411. The molecule has 1 aliphatic rings. The molecular formula is C17H27NO2. The zero-order valence-corrected chi connectivity index (χ0v) is 12.7. The van der Waals surface area contributed by atoms with Crippen LogP contribution in [0.15, 0.2) is 18.2 Å². The van der Waals surface area contributed by atoms with Crippen LogP contribution in [0.1, 0.15) is 63.5 Å². The van der Waals surface area contributed by atoms with Crippen molar-refractivity contribution in [3.05, 3.63) is 23.8 Å². The number of phenols is 1. The summed E-state index contributed by atoms with van der Waals surface area (Å²) in [5.41, 5.74) is 0.923. The summed E-state index contributed by atoms with van der Waals surface area (Å²) in [5.74, 6) is 1.14. The van der Waals surface area contributed by atoms with E-state index < -0.39 is 0 Å². The molecule has 2 N–H and O–H groups in total. The Balaban J connectivity index is 2.00. The van der Waals surface area contributed by atoms with Crippen LogP contribution >= 0.6 is 0 Å². The van der Waals surface area contributed by atoms with Crippen molar-refractivity contribution in [2.75, 3.05) is 7.11 Å².